The first-order chi connectivity index (χ1) is 17.9. The molecule has 0 spiro atoms. The zero-order valence-electron chi connectivity index (χ0n) is 21.2. The lowest BCUT2D eigenvalue weighted by atomic mass is 9.87. The number of hydrogen-bond donors (Lipinski definition) is 1. The highest BCUT2D eigenvalue weighted by Crippen LogP contribution is 2.29. The first kappa shape index (κ1) is 24.6. The van der Waals surface area contributed by atoms with Gasteiger partial charge in [-0.25, -0.2) is 9.36 Å². The van der Waals surface area contributed by atoms with Gasteiger partial charge in [-0.2, -0.15) is 5.10 Å². The molecule has 2 aromatic heterocycles. The average molecular weight is 511 g/mol. The van der Waals surface area contributed by atoms with E-state index in [9.17, 15) is 0 Å². The Labute approximate surface area is 221 Å². The lowest BCUT2D eigenvalue weighted by molar-refractivity contribution is 0.291. The Balaban J connectivity index is 1.30. The van der Waals surface area contributed by atoms with Crippen molar-refractivity contribution in [3.05, 3.63) is 108 Å². The van der Waals surface area contributed by atoms with Crippen LogP contribution in [0.5, 0.6) is 5.75 Å². The van der Waals surface area contributed by atoms with E-state index >= 15 is 0 Å². The molecule has 2 N–H and O–H groups in total. The smallest absolute Gasteiger partial charge is 0.210 e. The van der Waals surface area contributed by atoms with E-state index < -0.39 is 0 Å². The van der Waals surface area contributed by atoms with Crippen molar-refractivity contribution >= 4 is 11.8 Å². The van der Waals surface area contributed by atoms with Crippen LogP contribution in [0.15, 0.2) is 96.3 Å². The van der Waals surface area contributed by atoms with Gasteiger partial charge in [-0.15, -0.1) is 10.2 Å². The van der Waals surface area contributed by atoms with Crippen molar-refractivity contribution in [2.75, 3.05) is 5.84 Å². The Morgan fingerprint density at radius 2 is 1.54 bits per heavy atom. The van der Waals surface area contributed by atoms with Crippen LogP contribution in [0.2, 0.25) is 0 Å². The number of ether oxygens (including phenoxy) is 1. The standard InChI is InChI=1S/C29H30N6OS/c1-29(2,3)23-14-16-25(17-15-23)36-19-26-31-32-28(35(26)30)37-20-22-18-34(24-12-8-5-9-13-24)33-27(22)21-10-6-4-7-11-21/h4-18H,19-20,30H2,1-3H3. The van der Waals surface area contributed by atoms with Gasteiger partial charge in [0, 0.05) is 23.1 Å². The molecule has 8 heteroatoms. The largest absolute Gasteiger partial charge is 0.486 e. The summed E-state index contributed by atoms with van der Waals surface area (Å²) in [5, 5.41) is 14.1. The average Bonchev–Trinajstić information content (AvgIpc) is 3.50. The molecule has 0 unspecified atom stereocenters. The first-order valence-corrected chi connectivity index (χ1v) is 13.1. The Hall–Kier alpha value is -4.04. The van der Waals surface area contributed by atoms with Crippen molar-refractivity contribution in [1.29, 1.82) is 0 Å². The molecule has 3 aromatic carbocycles. The molecule has 0 saturated heterocycles. The molecule has 0 bridgehead atoms. The molecular formula is C29H30N6OS. The van der Waals surface area contributed by atoms with Gasteiger partial charge in [-0.3, -0.25) is 0 Å². The molecule has 0 amide bonds. The SMILES string of the molecule is CC(C)(C)c1ccc(OCc2nnc(SCc3cn(-c4ccccc4)nc3-c3ccccc3)n2N)cc1. The Bertz CT molecular complexity index is 1450. The van der Waals surface area contributed by atoms with Gasteiger partial charge in [0.2, 0.25) is 5.16 Å². The maximum atomic E-state index is 6.33. The Morgan fingerprint density at radius 1 is 0.865 bits per heavy atom. The van der Waals surface area contributed by atoms with Gasteiger partial charge in [0.15, 0.2) is 5.82 Å². The van der Waals surface area contributed by atoms with Crippen molar-refractivity contribution in [2.24, 2.45) is 0 Å². The number of nitrogens with zero attached hydrogens (tertiary/aromatic N) is 5. The van der Waals surface area contributed by atoms with Crippen molar-refractivity contribution in [2.45, 2.75) is 43.7 Å². The maximum absolute atomic E-state index is 6.33. The molecule has 0 aliphatic heterocycles. The highest BCUT2D eigenvalue weighted by molar-refractivity contribution is 7.98. The summed E-state index contributed by atoms with van der Waals surface area (Å²) in [6.45, 7) is 6.80. The minimum absolute atomic E-state index is 0.0973. The molecule has 5 aromatic rings. The molecule has 0 atom stereocenters. The molecule has 7 nitrogen and oxygen atoms in total. The zero-order chi connectivity index (χ0) is 25.8. The number of aromatic nitrogens is 5. The van der Waals surface area contributed by atoms with Crippen LogP contribution in [-0.4, -0.2) is 24.7 Å². The molecule has 0 radical (unpaired) electrons. The monoisotopic (exact) mass is 510 g/mol. The van der Waals surface area contributed by atoms with Gasteiger partial charge in [-0.1, -0.05) is 93.2 Å². The summed E-state index contributed by atoms with van der Waals surface area (Å²) >= 11 is 1.52. The minimum atomic E-state index is 0.0973. The number of para-hydroxylation sites is 1. The highest BCUT2D eigenvalue weighted by atomic mass is 32.2. The Morgan fingerprint density at radius 3 is 2.22 bits per heavy atom. The van der Waals surface area contributed by atoms with E-state index in [2.05, 4.69) is 61.4 Å². The fraction of sp³-hybridized carbons (Fsp3) is 0.207. The molecule has 0 aliphatic carbocycles. The predicted octanol–water partition coefficient (Wildman–Crippen LogP) is 6.01. The van der Waals surface area contributed by atoms with Crippen LogP contribution in [0.4, 0.5) is 0 Å². The van der Waals surface area contributed by atoms with Crippen LogP contribution < -0.4 is 10.6 Å². The second-order valence-electron chi connectivity index (χ2n) is 9.77. The fourth-order valence-electron chi connectivity index (χ4n) is 3.91. The van der Waals surface area contributed by atoms with Gasteiger partial charge >= 0.3 is 0 Å². The van der Waals surface area contributed by atoms with E-state index in [0.29, 0.717) is 16.7 Å². The number of rotatable bonds is 8. The summed E-state index contributed by atoms with van der Waals surface area (Å²) in [5.41, 5.74) is 5.44. The van der Waals surface area contributed by atoms with Crippen LogP contribution in [-0.2, 0) is 17.8 Å². The number of hydrogen-bond acceptors (Lipinski definition) is 6. The highest BCUT2D eigenvalue weighted by Gasteiger charge is 2.17. The van der Waals surface area contributed by atoms with Crippen molar-refractivity contribution in [1.82, 2.24) is 24.7 Å². The summed E-state index contributed by atoms with van der Waals surface area (Å²) in [5.74, 6) is 8.30. The summed E-state index contributed by atoms with van der Waals surface area (Å²) in [6.07, 6.45) is 2.06. The number of benzene rings is 3. The van der Waals surface area contributed by atoms with Crippen LogP contribution in [0.1, 0.15) is 37.7 Å². The van der Waals surface area contributed by atoms with E-state index in [0.717, 1.165) is 28.3 Å². The van der Waals surface area contributed by atoms with Gasteiger partial charge in [0.05, 0.1) is 11.4 Å². The lowest BCUT2D eigenvalue weighted by Gasteiger charge is -2.19. The topological polar surface area (TPSA) is 83.8 Å². The van der Waals surface area contributed by atoms with Gasteiger partial charge < -0.3 is 10.6 Å². The van der Waals surface area contributed by atoms with Crippen LogP contribution in [0, 0.1) is 0 Å². The van der Waals surface area contributed by atoms with Crippen LogP contribution in [0.3, 0.4) is 0 Å². The minimum Gasteiger partial charge on any atom is -0.486 e. The third-order valence-corrected chi connectivity index (χ3v) is 7.03. The van der Waals surface area contributed by atoms with Gasteiger partial charge in [-0.05, 0) is 35.2 Å². The number of nitrogens with two attached hydrogens (primary N) is 1. The van der Waals surface area contributed by atoms with E-state index in [4.69, 9.17) is 15.7 Å². The molecular weight excluding hydrogens is 480 g/mol. The molecule has 0 saturated carbocycles. The lowest BCUT2D eigenvalue weighted by Crippen LogP contribution is -2.16. The normalized spacial score (nSPS) is 11.5. The van der Waals surface area contributed by atoms with Crippen molar-refractivity contribution < 1.29 is 4.74 Å². The van der Waals surface area contributed by atoms with E-state index in [1.165, 1.54) is 22.0 Å². The molecule has 0 aliphatic rings. The second-order valence-corrected chi connectivity index (χ2v) is 10.7. The van der Waals surface area contributed by atoms with Crippen LogP contribution in [0.25, 0.3) is 16.9 Å². The molecule has 2 heterocycles. The van der Waals surface area contributed by atoms with Gasteiger partial charge in [0.1, 0.15) is 12.4 Å². The molecule has 188 valence electrons. The number of nitrogen functional groups attached to an aromatic ring is 1. The van der Waals surface area contributed by atoms with E-state index in [-0.39, 0.29) is 12.0 Å². The third-order valence-electron chi connectivity index (χ3n) is 6.04. The van der Waals surface area contributed by atoms with E-state index in [1.807, 2.05) is 65.3 Å². The summed E-state index contributed by atoms with van der Waals surface area (Å²) in [7, 11) is 0. The summed E-state index contributed by atoms with van der Waals surface area (Å²) in [4.78, 5) is 0. The van der Waals surface area contributed by atoms with Crippen LogP contribution >= 0.6 is 11.8 Å². The third kappa shape index (κ3) is 5.70. The molecule has 37 heavy (non-hydrogen) atoms. The molecule has 0 fully saturated rings. The number of thioether (sulfide) groups is 1. The Kier molecular flexibility index (Phi) is 7.01. The van der Waals surface area contributed by atoms with Crippen molar-refractivity contribution in [3.8, 4) is 22.7 Å². The second kappa shape index (κ2) is 10.5. The first-order valence-electron chi connectivity index (χ1n) is 12.1. The maximum Gasteiger partial charge on any atom is 0.210 e. The van der Waals surface area contributed by atoms with Gasteiger partial charge in [0.25, 0.3) is 0 Å². The van der Waals surface area contributed by atoms with Crippen molar-refractivity contribution in [3.63, 3.8) is 0 Å². The summed E-state index contributed by atoms with van der Waals surface area (Å²) in [6, 6.07) is 28.4. The molecule has 5 rings (SSSR count). The van der Waals surface area contributed by atoms with E-state index in [1.54, 1.807) is 0 Å². The predicted molar refractivity (Wildman–Crippen MR) is 148 cm³/mol. The summed E-state index contributed by atoms with van der Waals surface area (Å²) < 4.78 is 9.33. The zero-order valence-corrected chi connectivity index (χ0v) is 22.0. The quantitative estimate of drug-likeness (QED) is 0.203. The fourth-order valence-corrected chi connectivity index (χ4v) is 4.75.